The van der Waals surface area contributed by atoms with Gasteiger partial charge in [0, 0.05) is 11.7 Å². The van der Waals surface area contributed by atoms with E-state index in [1.807, 2.05) is 13.8 Å². The number of aryl methyl sites for hydroxylation is 1. The molecule has 24 heavy (non-hydrogen) atoms. The molecule has 0 bridgehead atoms. The molecule has 0 unspecified atom stereocenters. The molecule has 3 rings (SSSR count). The highest BCUT2D eigenvalue weighted by atomic mass is 32.2. The second kappa shape index (κ2) is 6.86. The van der Waals surface area contributed by atoms with Crippen LogP contribution < -0.4 is 5.32 Å². The molecule has 1 saturated carbocycles. The van der Waals surface area contributed by atoms with Gasteiger partial charge in [-0.1, -0.05) is 25.7 Å². The van der Waals surface area contributed by atoms with Gasteiger partial charge in [-0.3, -0.25) is 9.48 Å². The summed E-state index contributed by atoms with van der Waals surface area (Å²) in [4.78, 5) is 12.7. The Labute approximate surface area is 143 Å². The molecule has 1 saturated heterocycles. The number of sulfone groups is 1. The SMILES string of the molecule is Cc1nn([C@H]2CCS(=O)(=O)C2)c(C)c1C(=O)NC1CCCCCC1. The smallest absolute Gasteiger partial charge is 0.255 e. The normalized spacial score (nSPS) is 24.7. The summed E-state index contributed by atoms with van der Waals surface area (Å²) in [6.07, 6.45) is 7.49. The average Bonchev–Trinajstić information content (AvgIpc) is 2.88. The van der Waals surface area contributed by atoms with E-state index in [-0.39, 0.29) is 29.5 Å². The number of nitrogens with one attached hydrogen (secondary N) is 1. The third kappa shape index (κ3) is 3.66. The van der Waals surface area contributed by atoms with Crippen molar-refractivity contribution >= 4 is 15.7 Å². The monoisotopic (exact) mass is 353 g/mol. The van der Waals surface area contributed by atoms with Crippen LogP contribution in [-0.2, 0) is 9.84 Å². The van der Waals surface area contributed by atoms with Crippen molar-refractivity contribution in [1.29, 1.82) is 0 Å². The van der Waals surface area contributed by atoms with Crippen LogP contribution in [0.2, 0.25) is 0 Å². The van der Waals surface area contributed by atoms with Crippen molar-refractivity contribution in [2.24, 2.45) is 0 Å². The molecule has 0 aromatic carbocycles. The summed E-state index contributed by atoms with van der Waals surface area (Å²) in [7, 11) is -2.97. The minimum atomic E-state index is -2.97. The third-order valence-electron chi connectivity index (χ3n) is 5.30. The van der Waals surface area contributed by atoms with Crippen LogP contribution in [0.4, 0.5) is 0 Å². The van der Waals surface area contributed by atoms with Crippen LogP contribution in [0.3, 0.4) is 0 Å². The highest BCUT2D eigenvalue weighted by Crippen LogP contribution is 2.27. The summed E-state index contributed by atoms with van der Waals surface area (Å²) in [6.45, 7) is 3.70. The molecule has 2 fully saturated rings. The summed E-state index contributed by atoms with van der Waals surface area (Å²) in [6, 6.07) is 0.0992. The summed E-state index contributed by atoms with van der Waals surface area (Å²) in [5.41, 5.74) is 2.08. The van der Waals surface area contributed by atoms with Crippen LogP contribution in [0.15, 0.2) is 0 Å². The summed E-state index contributed by atoms with van der Waals surface area (Å²) >= 11 is 0. The number of aromatic nitrogens is 2. The number of carbonyl (C=O) groups is 1. The van der Waals surface area contributed by atoms with Crippen molar-refractivity contribution < 1.29 is 13.2 Å². The van der Waals surface area contributed by atoms with Crippen molar-refractivity contribution in [3.63, 3.8) is 0 Å². The van der Waals surface area contributed by atoms with E-state index in [4.69, 9.17) is 0 Å². The maximum Gasteiger partial charge on any atom is 0.255 e. The molecule has 7 heteroatoms. The maximum atomic E-state index is 12.7. The predicted molar refractivity (Wildman–Crippen MR) is 93.0 cm³/mol. The van der Waals surface area contributed by atoms with Crippen molar-refractivity contribution in [2.45, 2.75) is 70.9 Å². The zero-order chi connectivity index (χ0) is 17.3. The van der Waals surface area contributed by atoms with Crippen molar-refractivity contribution in [3.8, 4) is 0 Å². The van der Waals surface area contributed by atoms with Crippen LogP contribution in [0.5, 0.6) is 0 Å². The van der Waals surface area contributed by atoms with Gasteiger partial charge in [-0.05, 0) is 33.1 Å². The molecule has 134 valence electrons. The lowest BCUT2D eigenvalue weighted by Gasteiger charge is -2.16. The lowest BCUT2D eigenvalue weighted by atomic mass is 10.1. The molecule has 1 atom stereocenters. The van der Waals surface area contributed by atoms with Gasteiger partial charge in [0.2, 0.25) is 0 Å². The summed E-state index contributed by atoms with van der Waals surface area (Å²) in [5.74, 6) is 0.266. The lowest BCUT2D eigenvalue weighted by Crippen LogP contribution is -2.35. The second-order valence-corrected chi connectivity index (χ2v) is 9.44. The quantitative estimate of drug-likeness (QED) is 0.846. The Bertz CT molecular complexity index is 716. The fourth-order valence-electron chi connectivity index (χ4n) is 4.00. The molecular weight excluding hydrogens is 326 g/mol. The molecule has 1 amide bonds. The van der Waals surface area contributed by atoms with Crippen LogP contribution in [0.1, 0.15) is 72.7 Å². The van der Waals surface area contributed by atoms with E-state index in [1.165, 1.54) is 25.7 Å². The van der Waals surface area contributed by atoms with E-state index in [9.17, 15) is 13.2 Å². The van der Waals surface area contributed by atoms with Gasteiger partial charge in [0.1, 0.15) is 0 Å². The second-order valence-electron chi connectivity index (χ2n) is 7.21. The first kappa shape index (κ1) is 17.5. The lowest BCUT2D eigenvalue weighted by molar-refractivity contribution is 0.0932. The third-order valence-corrected chi connectivity index (χ3v) is 7.05. The van der Waals surface area contributed by atoms with Gasteiger partial charge in [0.25, 0.3) is 5.91 Å². The molecule has 1 aliphatic carbocycles. The van der Waals surface area contributed by atoms with Crippen molar-refractivity contribution in [1.82, 2.24) is 15.1 Å². The first-order valence-electron chi connectivity index (χ1n) is 8.94. The predicted octanol–water partition coefficient (Wildman–Crippen LogP) is 2.31. The van der Waals surface area contributed by atoms with E-state index < -0.39 is 9.84 Å². The fourth-order valence-corrected chi connectivity index (χ4v) is 5.69. The van der Waals surface area contributed by atoms with E-state index >= 15 is 0 Å². The van der Waals surface area contributed by atoms with Gasteiger partial charge in [0.15, 0.2) is 9.84 Å². The Morgan fingerprint density at radius 3 is 2.38 bits per heavy atom. The Balaban J connectivity index is 1.77. The summed E-state index contributed by atoms with van der Waals surface area (Å²) in [5, 5.41) is 7.65. The van der Waals surface area contributed by atoms with Gasteiger partial charge >= 0.3 is 0 Å². The molecule has 2 aliphatic rings. The standard InChI is InChI=1S/C17H27N3O3S/c1-12-16(17(21)18-14-7-5-3-4-6-8-14)13(2)20(19-12)15-9-10-24(22,23)11-15/h14-15H,3-11H2,1-2H3,(H,18,21)/t15-/m0/s1. The highest BCUT2D eigenvalue weighted by molar-refractivity contribution is 7.91. The molecule has 0 spiro atoms. The molecular formula is C17H27N3O3S. The Morgan fingerprint density at radius 1 is 1.12 bits per heavy atom. The van der Waals surface area contributed by atoms with E-state index in [0.717, 1.165) is 18.5 Å². The van der Waals surface area contributed by atoms with Gasteiger partial charge in [-0.25, -0.2) is 8.42 Å². The molecule has 0 radical (unpaired) electrons. The minimum Gasteiger partial charge on any atom is -0.349 e. The molecule has 2 heterocycles. The number of hydrogen-bond donors (Lipinski definition) is 1. The van der Waals surface area contributed by atoms with Crippen molar-refractivity contribution in [2.75, 3.05) is 11.5 Å². The minimum absolute atomic E-state index is 0.0657. The van der Waals surface area contributed by atoms with Crippen molar-refractivity contribution in [3.05, 3.63) is 17.0 Å². The van der Waals surface area contributed by atoms with Gasteiger partial charge < -0.3 is 5.32 Å². The zero-order valence-corrected chi connectivity index (χ0v) is 15.4. The Morgan fingerprint density at radius 2 is 1.79 bits per heavy atom. The van der Waals surface area contributed by atoms with Crippen LogP contribution in [0.25, 0.3) is 0 Å². The Kier molecular flexibility index (Phi) is 4.99. The molecule has 1 aromatic rings. The maximum absolute atomic E-state index is 12.7. The largest absolute Gasteiger partial charge is 0.349 e. The number of rotatable bonds is 3. The van der Waals surface area contributed by atoms with Crippen LogP contribution >= 0.6 is 0 Å². The molecule has 6 nitrogen and oxygen atoms in total. The van der Waals surface area contributed by atoms with E-state index in [1.54, 1.807) is 4.68 Å². The Hall–Kier alpha value is -1.37. The van der Waals surface area contributed by atoms with E-state index in [0.29, 0.717) is 17.7 Å². The molecule has 1 aromatic heterocycles. The highest BCUT2D eigenvalue weighted by Gasteiger charge is 2.32. The zero-order valence-electron chi connectivity index (χ0n) is 14.5. The first-order valence-corrected chi connectivity index (χ1v) is 10.8. The first-order chi connectivity index (χ1) is 11.4. The summed E-state index contributed by atoms with van der Waals surface area (Å²) < 4.78 is 25.2. The average molecular weight is 353 g/mol. The number of nitrogens with zero attached hydrogens (tertiary/aromatic N) is 2. The van der Waals surface area contributed by atoms with Gasteiger partial charge in [-0.2, -0.15) is 5.10 Å². The molecule has 1 N–H and O–H groups in total. The van der Waals surface area contributed by atoms with E-state index in [2.05, 4.69) is 10.4 Å². The number of carbonyl (C=O) groups excluding carboxylic acids is 1. The topological polar surface area (TPSA) is 81.1 Å². The fraction of sp³-hybridized carbons (Fsp3) is 0.765. The van der Waals surface area contributed by atoms with Crippen LogP contribution in [-0.4, -0.2) is 41.7 Å². The van der Waals surface area contributed by atoms with Crippen LogP contribution in [0, 0.1) is 13.8 Å². The van der Waals surface area contributed by atoms with Gasteiger partial charge in [-0.15, -0.1) is 0 Å². The number of hydrogen-bond acceptors (Lipinski definition) is 4. The van der Waals surface area contributed by atoms with Gasteiger partial charge in [0.05, 0.1) is 28.8 Å². The molecule has 1 aliphatic heterocycles. The number of amides is 1.